The lowest BCUT2D eigenvalue weighted by Crippen LogP contribution is -2.27. The maximum absolute atomic E-state index is 11.9. The molecule has 0 spiro atoms. The van der Waals surface area contributed by atoms with E-state index in [2.05, 4.69) is 14.3 Å². The Hall–Kier alpha value is -1.94. The number of rotatable bonds is 12. The molecule has 2 heterocycles. The van der Waals surface area contributed by atoms with Crippen LogP contribution >= 0.6 is 11.6 Å². The molecule has 164 valence electrons. The smallest absolute Gasteiger partial charge is 0.211 e. The SMILES string of the molecule is COCCc1nc2c(N)nc3ccccc3c2n1CCCCNS(=O)(=O)CCCCl. The van der Waals surface area contributed by atoms with E-state index in [1.165, 1.54) is 0 Å². The zero-order valence-electron chi connectivity index (χ0n) is 17.1. The molecule has 0 fully saturated rings. The van der Waals surface area contributed by atoms with E-state index in [9.17, 15) is 8.42 Å². The monoisotopic (exact) mass is 453 g/mol. The first-order chi connectivity index (χ1) is 14.5. The van der Waals surface area contributed by atoms with Crippen molar-refractivity contribution in [3.63, 3.8) is 0 Å². The summed E-state index contributed by atoms with van der Waals surface area (Å²) in [5, 5.41) is 1.000. The molecule has 2 aromatic heterocycles. The van der Waals surface area contributed by atoms with Gasteiger partial charge in [-0.3, -0.25) is 0 Å². The number of benzene rings is 1. The van der Waals surface area contributed by atoms with Crippen LogP contribution in [-0.2, 0) is 27.7 Å². The second kappa shape index (κ2) is 10.4. The van der Waals surface area contributed by atoms with E-state index in [1.54, 1.807) is 7.11 Å². The molecule has 0 saturated carbocycles. The quantitative estimate of drug-likeness (QED) is 0.322. The summed E-state index contributed by atoms with van der Waals surface area (Å²) in [6, 6.07) is 7.87. The van der Waals surface area contributed by atoms with Crippen molar-refractivity contribution >= 4 is 49.4 Å². The molecule has 8 nitrogen and oxygen atoms in total. The van der Waals surface area contributed by atoms with Gasteiger partial charge in [-0.2, -0.15) is 0 Å². The van der Waals surface area contributed by atoms with Crippen LogP contribution in [0.3, 0.4) is 0 Å². The highest BCUT2D eigenvalue weighted by molar-refractivity contribution is 7.89. The number of nitrogen functional groups attached to an aromatic ring is 1. The zero-order chi connectivity index (χ0) is 21.6. The predicted octanol–water partition coefficient (Wildman–Crippen LogP) is 2.68. The minimum Gasteiger partial charge on any atom is -0.384 e. The molecule has 0 aliphatic heterocycles. The van der Waals surface area contributed by atoms with E-state index in [4.69, 9.17) is 27.1 Å². The van der Waals surface area contributed by atoms with Gasteiger partial charge in [-0.15, -0.1) is 11.6 Å². The van der Waals surface area contributed by atoms with Gasteiger partial charge in [-0.1, -0.05) is 18.2 Å². The number of ether oxygens (including phenoxy) is 1. The third-order valence-corrected chi connectivity index (χ3v) is 6.63. The summed E-state index contributed by atoms with van der Waals surface area (Å²) in [5.74, 6) is 1.69. The number of unbranched alkanes of at least 4 members (excludes halogenated alkanes) is 1. The molecule has 3 rings (SSSR count). The number of pyridine rings is 1. The summed E-state index contributed by atoms with van der Waals surface area (Å²) in [5.41, 5.74) is 8.68. The minimum atomic E-state index is -3.26. The highest BCUT2D eigenvalue weighted by atomic mass is 35.5. The standard InChI is InChI=1S/C20H28ClN5O3S/c1-29-13-9-17-25-18-19(15-7-2-3-8-16(15)24-20(18)22)26(17)12-5-4-11-23-30(27,28)14-6-10-21/h2-3,7-8,23H,4-6,9-14H2,1H3,(H2,22,24). The molecular weight excluding hydrogens is 426 g/mol. The van der Waals surface area contributed by atoms with E-state index in [0.717, 1.165) is 28.7 Å². The molecule has 3 N–H and O–H groups in total. The average Bonchev–Trinajstić information content (AvgIpc) is 3.10. The molecule has 0 atom stereocenters. The van der Waals surface area contributed by atoms with Crippen LogP contribution in [0.2, 0.25) is 0 Å². The lowest BCUT2D eigenvalue weighted by atomic mass is 10.2. The first kappa shape index (κ1) is 22.7. The largest absolute Gasteiger partial charge is 0.384 e. The Morgan fingerprint density at radius 3 is 2.77 bits per heavy atom. The van der Waals surface area contributed by atoms with Crippen molar-refractivity contribution in [2.24, 2.45) is 0 Å². The van der Waals surface area contributed by atoms with Gasteiger partial charge in [0.2, 0.25) is 10.0 Å². The molecule has 0 amide bonds. The Balaban J connectivity index is 1.79. The average molecular weight is 454 g/mol. The molecule has 0 radical (unpaired) electrons. The minimum absolute atomic E-state index is 0.0576. The molecule has 3 aromatic rings. The van der Waals surface area contributed by atoms with Gasteiger partial charge in [-0.05, 0) is 25.3 Å². The van der Waals surface area contributed by atoms with Crippen molar-refractivity contribution in [2.75, 3.05) is 37.6 Å². The maximum Gasteiger partial charge on any atom is 0.211 e. The number of aryl methyl sites for hydroxylation is 1. The summed E-state index contributed by atoms with van der Waals surface area (Å²) >= 11 is 5.58. The first-order valence-corrected chi connectivity index (χ1v) is 12.2. The number of hydrogen-bond donors (Lipinski definition) is 2. The summed E-state index contributed by atoms with van der Waals surface area (Å²) in [7, 11) is -1.60. The lowest BCUT2D eigenvalue weighted by molar-refractivity contribution is 0.199. The predicted molar refractivity (Wildman–Crippen MR) is 121 cm³/mol. The van der Waals surface area contributed by atoms with Gasteiger partial charge < -0.3 is 15.0 Å². The number of para-hydroxylation sites is 1. The Morgan fingerprint density at radius 1 is 1.20 bits per heavy atom. The summed E-state index contributed by atoms with van der Waals surface area (Å²) in [6.45, 7) is 1.65. The van der Waals surface area contributed by atoms with Crippen LogP contribution in [0.1, 0.15) is 25.1 Å². The number of fused-ring (bicyclic) bond motifs is 3. The number of nitrogens with two attached hydrogens (primary N) is 1. The fourth-order valence-electron chi connectivity index (χ4n) is 3.47. The Labute approximate surface area is 181 Å². The number of hydrogen-bond acceptors (Lipinski definition) is 6. The van der Waals surface area contributed by atoms with Crippen LogP contribution in [0.5, 0.6) is 0 Å². The van der Waals surface area contributed by atoms with Crippen LogP contribution in [0, 0.1) is 0 Å². The fourth-order valence-corrected chi connectivity index (χ4v) is 4.89. The first-order valence-electron chi connectivity index (χ1n) is 10.0. The van der Waals surface area contributed by atoms with Crippen LogP contribution in [0.4, 0.5) is 5.82 Å². The Bertz CT molecular complexity index is 1100. The maximum atomic E-state index is 11.9. The second-order valence-electron chi connectivity index (χ2n) is 7.10. The third kappa shape index (κ3) is 5.40. The van der Waals surface area contributed by atoms with Crippen LogP contribution in [-0.4, -0.2) is 54.8 Å². The molecule has 0 saturated heterocycles. The lowest BCUT2D eigenvalue weighted by Gasteiger charge is -2.11. The van der Waals surface area contributed by atoms with Crippen LogP contribution < -0.4 is 10.5 Å². The number of alkyl halides is 1. The normalized spacial score (nSPS) is 12.2. The molecule has 0 aliphatic carbocycles. The molecule has 0 unspecified atom stereocenters. The van der Waals surface area contributed by atoms with Crippen LogP contribution in [0.25, 0.3) is 21.9 Å². The topological polar surface area (TPSA) is 112 Å². The Kier molecular flexibility index (Phi) is 7.87. The summed E-state index contributed by atoms with van der Waals surface area (Å²) in [6.07, 6.45) is 2.61. The van der Waals surface area contributed by atoms with Crippen molar-refractivity contribution in [1.29, 1.82) is 0 Å². The van der Waals surface area contributed by atoms with Crippen molar-refractivity contribution in [3.05, 3.63) is 30.1 Å². The number of aromatic nitrogens is 3. The second-order valence-corrected chi connectivity index (χ2v) is 9.40. The van der Waals surface area contributed by atoms with Gasteiger partial charge in [0.25, 0.3) is 0 Å². The molecule has 1 aromatic carbocycles. The number of anilines is 1. The van der Waals surface area contributed by atoms with E-state index in [-0.39, 0.29) is 5.75 Å². The zero-order valence-corrected chi connectivity index (χ0v) is 18.7. The van der Waals surface area contributed by atoms with Crippen molar-refractivity contribution in [1.82, 2.24) is 19.3 Å². The van der Waals surface area contributed by atoms with Gasteiger partial charge in [0.1, 0.15) is 11.3 Å². The summed E-state index contributed by atoms with van der Waals surface area (Å²) < 4.78 is 33.8. The van der Waals surface area contributed by atoms with Gasteiger partial charge in [0.15, 0.2) is 5.82 Å². The molecular formula is C20H28ClN5O3S. The van der Waals surface area contributed by atoms with Gasteiger partial charge in [-0.25, -0.2) is 23.1 Å². The van der Waals surface area contributed by atoms with Crippen molar-refractivity contribution < 1.29 is 13.2 Å². The number of nitrogens with zero attached hydrogens (tertiary/aromatic N) is 3. The van der Waals surface area contributed by atoms with E-state index >= 15 is 0 Å². The number of halogens is 1. The number of nitrogens with one attached hydrogen (secondary N) is 1. The van der Waals surface area contributed by atoms with E-state index < -0.39 is 10.0 Å². The highest BCUT2D eigenvalue weighted by Gasteiger charge is 2.17. The van der Waals surface area contributed by atoms with Crippen molar-refractivity contribution in [2.45, 2.75) is 32.2 Å². The number of sulfonamides is 1. The molecule has 0 aliphatic rings. The van der Waals surface area contributed by atoms with E-state index in [1.807, 2.05) is 24.3 Å². The van der Waals surface area contributed by atoms with Gasteiger partial charge in [0, 0.05) is 37.9 Å². The van der Waals surface area contributed by atoms with Crippen LogP contribution in [0.15, 0.2) is 24.3 Å². The molecule has 10 heteroatoms. The molecule has 30 heavy (non-hydrogen) atoms. The fraction of sp³-hybridized carbons (Fsp3) is 0.500. The van der Waals surface area contributed by atoms with Crippen molar-refractivity contribution in [3.8, 4) is 0 Å². The number of methoxy groups -OCH3 is 1. The Morgan fingerprint density at radius 2 is 2.00 bits per heavy atom. The van der Waals surface area contributed by atoms with E-state index in [0.29, 0.717) is 56.2 Å². The summed E-state index contributed by atoms with van der Waals surface area (Å²) in [4.78, 5) is 9.23. The molecule has 0 bridgehead atoms. The highest BCUT2D eigenvalue weighted by Crippen LogP contribution is 2.29. The third-order valence-electron chi connectivity index (χ3n) is 4.90. The number of imidazole rings is 1. The van der Waals surface area contributed by atoms with Gasteiger partial charge in [0.05, 0.1) is 23.4 Å². The van der Waals surface area contributed by atoms with Gasteiger partial charge >= 0.3 is 0 Å².